The van der Waals surface area contributed by atoms with E-state index in [9.17, 15) is 0 Å². The summed E-state index contributed by atoms with van der Waals surface area (Å²) in [6, 6.07) is 5.03. The van der Waals surface area contributed by atoms with Crippen LogP contribution in [-0.2, 0) is 10.4 Å². The highest BCUT2D eigenvalue weighted by molar-refractivity contribution is 6.30. The minimum Gasteiger partial charge on any atom is -0.496 e. The van der Waals surface area contributed by atoms with Gasteiger partial charge in [-0.05, 0) is 25.1 Å². The fourth-order valence-corrected chi connectivity index (χ4v) is 2.58. The van der Waals surface area contributed by atoms with E-state index >= 15 is 4.39 Å². The van der Waals surface area contributed by atoms with Gasteiger partial charge in [-0.1, -0.05) is 11.6 Å². The van der Waals surface area contributed by atoms with Crippen LogP contribution in [0.1, 0.15) is 18.9 Å². The zero-order valence-electron chi connectivity index (χ0n) is 11.2. The average molecular weight is 288 g/mol. The molecule has 106 valence electrons. The molecule has 1 aromatic rings. The van der Waals surface area contributed by atoms with Gasteiger partial charge in [-0.2, -0.15) is 0 Å². The lowest BCUT2D eigenvalue weighted by atomic mass is 9.90. The monoisotopic (exact) mass is 287 g/mol. The number of hydrogen-bond donors (Lipinski definition) is 1. The summed E-state index contributed by atoms with van der Waals surface area (Å²) in [6.45, 7) is 3.52. The van der Waals surface area contributed by atoms with Gasteiger partial charge in [0.15, 0.2) is 0 Å². The number of ether oxygens (including phenoxy) is 2. The molecule has 1 saturated heterocycles. The zero-order valence-corrected chi connectivity index (χ0v) is 12.0. The Kier molecular flexibility index (Phi) is 4.66. The molecule has 0 amide bonds. The van der Waals surface area contributed by atoms with Crippen molar-refractivity contribution in [2.24, 2.45) is 0 Å². The highest BCUT2D eigenvalue weighted by Crippen LogP contribution is 2.38. The van der Waals surface area contributed by atoms with Crippen LogP contribution in [0.2, 0.25) is 5.02 Å². The van der Waals surface area contributed by atoms with Crippen LogP contribution in [0.4, 0.5) is 4.39 Å². The third kappa shape index (κ3) is 3.59. The highest BCUT2D eigenvalue weighted by atomic mass is 35.5. The third-order valence-electron chi connectivity index (χ3n) is 3.35. The molecule has 2 unspecified atom stereocenters. The Balaban J connectivity index is 2.19. The summed E-state index contributed by atoms with van der Waals surface area (Å²) in [6.07, 6.45) is 0.323. The minimum atomic E-state index is -1.52. The Morgan fingerprint density at radius 3 is 3.00 bits per heavy atom. The molecule has 5 heteroatoms. The van der Waals surface area contributed by atoms with Gasteiger partial charge in [0.05, 0.1) is 20.3 Å². The van der Waals surface area contributed by atoms with Gasteiger partial charge in [0.2, 0.25) is 0 Å². The molecular formula is C14H19ClFNO2. The summed E-state index contributed by atoms with van der Waals surface area (Å²) in [5.41, 5.74) is -1.04. The maximum absolute atomic E-state index is 15.0. The average Bonchev–Trinajstić information content (AvgIpc) is 2.39. The van der Waals surface area contributed by atoms with Gasteiger partial charge in [-0.3, -0.25) is 0 Å². The molecule has 1 aliphatic rings. The molecule has 1 heterocycles. The molecule has 1 aromatic carbocycles. The Bertz CT molecular complexity index is 433. The Morgan fingerprint density at radius 1 is 1.58 bits per heavy atom. The van der Waals surface area contributed by atoms with Crippen molar-refractivity contribution in [2.75, 3.05) is 26.9 Å². The third-order valence-corrected chi connectivity index (χ3v) is 3.59. The van der Waals surface area contributed by atoms with Crippen LogP contribution in [0.3, 0.4) is 0 Å². The number of halogens is 2. The normalized spacial score (nSPS) is 22.8. The number of nitrogens with one attached hydrogen (secondary N) is 1. The lowest BCUT2D eigenvalue weighted by Gasteiger charge is -2.31. The molecule has 0 spiro atoms. The van der Waals surface area contributed by atoms with E-state index in [0.717, 1.165) is 6.54 Å². The van der Waals surface area contributed by atoms with Crippen molar-refractivity contribution in [1.82, 2.24) is 5.32 Å². The summed E-state index contributed by atoms with van der Waals surface area (Å²) in [5.74, 6) is 0.520. The molecule has 0 aromatic heterocycles. The number of morpholine rings is 1. The van der Waals surface area contributed by atoms with Gasteiger partial charge in [-0.15, -0.1) is 0 Å². The van der Waals surface area contributed by atoms with Crippen LogP contribution in [0.15, 0.2) is 18.2 Å². The predicted octanol–water partition coefficient (Wildman–Crippen LogP) is 2.91. The second kappa shape index (κ2) is 6.07. The largest absolute Gasteiger partial charge is 0.496 e. The SMILES string of the molecule is COc1ccc(Cl)cc1C(C)(F)CC1COCCN1. The first-order valence-electron chi connectivity index (χ1n) is 6.37. The lowest BCUT2D eigenvalue weighted by Crippen LogP contribution is -2.44. The Morgan fingerprint density at radius 2 is 2.37 bits per heavy atom. The number of benzene rings is 1. The van der Waals surface area contributed by atoms with Crippen LogP contribution < -0.4 is 10.1 Å². The van der Waals surface area contributed by atoms with Crippen molar-refractivity contribution in [2.45, 2.75) is 25.1 Å². The molecule has 0 bridgehead atoms. The molecule has 1 N–H and O–H groups in total. The molecule has 3 nitrogen and oxygen atoms in total. The maximum atomic E-state index is 15.0. The van der Waals surface area contributed by atoms with Crippen molar-refractivity contribution >= 4 is 11.6 Å². The highest BCUT2D eigenvalue weighted by Gasteiger charge is 2.33. The van der Waals surface area contributed by atoms with E-state index in [2.05, 4.69) is 5.32 Å². The molecular weight excluding hydrogens is 269 g/mol. The number of alkyl halides is 1. The quantitative estimate of drug-likeness (QED) is 0.924. The van der Waals surface area contributed by atoms with Crippen molar-refractivity contribution in [3.8, 4) is 5.75 Å². The number of methoxy groups -OCH3 is 1. The molecule has 19 heavy (non-hydrogen) atoms. The first-order chi connectivity index (χ1) is 9.03. The molecule has 1 fully saturated rings. The maximum Gasteiger partial charge on any atom is 0.138 e. The predicted molar refractivity (Wildman–Crippen MR) is 73.7 cm³/mol. The van der Waals surface area contributed by atoms with E-state index in [4.69, 9.17) is 21.1 Å². The molecule has 0 radical (unpaired) electrons. The summed E-state index contributed by atoms with van der Waals surface area (Å²) in [7, 11) is 1.53. The van der Waals surface area contributed by atoms with Gasteiger partial charge < -0.3 is 14.8 Å². The fraction of sp³-hybridized carbons (Fsp3) is 0.571. The van der Waals surface area contributed by atoms with E-state index in [0.29, 0.717) is 36.0 Å². The molecule has 2 rings (SSSR count). The number of hydrogen-bond acceptors (Lipinski definition) is 3. The van der Waals surface area contributed by atoms with Gasteiger partial charge in [0.25, 0.3) is 0 Å². The Labute approximate surface area is 118 Å². The van der Waals surface area contributed by atoms with Gasteiger partial charge in [0, 0.05) is 29.6 Å². The molecule has 2 atom stereocenters. The second-order valence-electron chi connectivity index (χ2n) is 4.97. The standard InChI is InChI=1S/C14H19ClFNO2/c1-14(16,8-11-9-19-6-5-17-11)12-7-10(15)3-4-13(12)18-2/h3-4,7,11,17H,5-6,8-9H2,1-2H3. The smallest absolute Gasteiger partial charge is 0.138 e. The first kappa shape index (κ1) is 14.6. The lowest BCUT2D eigenvalue weighted by molar-refractivity contribution is 0.0468. The zero-order chi connectivity index (χ0) is 13.9. The van der Waals surface area contributed by atoms with E-state index in [-0.39, 0.29) is 6.04 Å². The Hall–Kier alpha value is -0.840. The van der Waals surface area contributed by atoms with E-state index in [1.54, 1.807) is 25.1 Å². The van der Waals surface area contributed by atoms with Crippen molar-refractivity contribution in [3.05, 3.63) is 28.8 Å². The van der Waals surface area contributed by atoms with Crippen LogP contribution in [0.25, 0.3) is 0 Å². The van der Waals surface area contributed by atoms with Crippen LogP contribution >= 0.6 is 11.6 Å². The summed E-state index contributed by atoms with van der Waals surface area (Å²) < 4.78 is 25.6. The molecule has 1 aliphatic heterocycles. The van der Waals surface area contributed by atoms with Crippen LogP contribution in [-0.4, -0.2) is 32.9 Å². The van der Waals surface area contributed by atoms with Crippen LogP contribution in [0.5, 0.6) is 5.75 Å². The minimum absolute atomic E-state index is 0.00689. The van der Waals surface area contributed by atoms with Crippen molar-refractivity contribution in [3.63, 3.8) is 0 Å². The number of rotatable bonds is 4. The van der Waals surface area contributed by atoms with Gasteiger partial charge >= 0.3 is 0 Å². The van der Waals surface area contributed by atoms with Gasteiger partial charge in [0.1, 0.15) is 11.4 Å². The van der Waals surface area contributed by atoms with E-state index in [1.165, 1.54) is 7.11 Å². The molecule has 0 saturated carbocycles. The van der Waals surface area contributed by atoms with Crippen molar-refractivity contribution < 1.29 is 13.9 Å². The van der Waals surface area contributed by atoms with E-state index < -0.39 is 5.67 Å². The summed E-state index contributed by atoms with van der Waals surface area (Å²) >= 11 is 5.96. The van der Waals surface area contributed by atoms with Crippen molar-refractivity contribution in [1.29, 1.82) is 0 Å². The summed E-state index contributed by atoms with van der Waals surface area (Å²) in [5, 5.41) is 3.77. The van der Waals surface area contributed by atoms with Crippen LogP contribution in [0, 0.1) is 0 Å². The van der Waals surface area contributed by atoms with Gasteiger partial charge in [-0.25, -0.2) is 4.39 Å². The van der Waals surface area contributed by atoms with E-state index in [1.807, 2.05) is 0 Å². The topological polar surface area (TPSA) is 30.5 Å². The first-order valence-corrected chi connectivity index (χ1v) is 6.75. The second-order valence-corrected chi connectivity index (χ2v) is 5.41. The fourth-order valence-electron chi connectivity index (χ4n) is 2.41. The molecule has 0 aliphatic carbocycles. The summed E-state index contributed by atoms with van der Waals surface area (Å²) in [4.78, 5) is 0.